The van der Waals surface area contributed by atoms with Crippen molar-refractivity contribution in [1.82, 2.24) is 19.9 Å². The highest BCUT2D eigenvalue weighted by Crippen LogP contribution is 2.28. The summed E-state index contributed by atoms with van der Waals surface area (Å²) in [5.41, 5.74) is 0.263. The molecule has 1 aliphatic heterocycles. The Morgan fingerprint density at radius 1 is 1.74 bits per heavy atom. The van der Waals surface area contributed by atoms with Crippen LogP contribution in [0.2, 0.25) is 0 Å². The van der Waals surface area contributed by atoms with Crippen molar-refractivity contribution in [3.05, 3.63) is 30.0 Å². The van der Waals surface area contributed by atoms with Gasteiger partial charge in [0.25, 0.3) is 6.54 Å². The monoisotopic (exact) mass is 318 g/mol. The molecule has 120 valence electrons. The molecule has 1 amide bonds. The van der Waals surface area contributed by atoms with E-state index in [1.54, 1.807) is 13.0 Å². The molecule has 2 aromatic rings. The van der Waals surface area contributed by atoms with E-state index >= 15 is 0 Å². The second kappa shape index (κ2) is 6.24. The third kappa shape index (κ3) is 2.84. The SMILES string of the molecule is [2H]c1nc(N([C@@H]2[C@H](C)CCN(C(=O)C[N+]#[C-])C2([2H])[2H])C([2H])([2H])[2H])c2cc[nH]c2n1. The molecule has 1 fully saturated rings. The molecule has 0 radical (unpaired) electrons. The van der Waals surface area contributed by atoms with E-state index in [1.165, 1.54) is 6.20 Å². The Bertz CT molecular complexity index is 967. The van der Waals surface area contributed by atoms with Gasteiger partial charge in [-0.25, -0.2) is 16.5 Å². The summed E-state index contributed by atoms with van der Waals surface area (Å²) < 4.78 is 49.4. The summed E-state index contributed by atoms with van der Waals surface area (Å²) in [5.74, 6) is -1.23. The van der Waals surface area contributed by atoms with Crippen molar-refractivity contribution in [2.45, 2.75) is 19.4 Å². The van der Waals surface area contributed by atoms with Gasteiger partial charge < -0.3 is 19.6 Å². The minimum Gasteiger partial charge on any atom is -0.354 e. The van der Waals surface area contributed by atoms with Crippen LogP contribution in [-0.2, 0) is 4.79 Å². The Morgan fingerprint density at radius 3 is 3.39 bits per heavy atom. The first-order valence-corrected chi connectivity index (χ1v) is 7.23. The molecule has 3 heterocycles. The number of anilines is 1. The summed E-state index contributed by atoms with van der Waals surface area (Å²) in [7, 11) is 0. The molecule has 0 saturated carbocycles. The lowest BCUT2D eigenvalue weighted by Gasteiger charge is -2.41. The fourth-order valence-electron chi connectivity index (χ4n) is 2.64. The highest BCUT2D eigenvalue weighted by molar-refractivity contribution is 5.87. The second-order valence-corrected chi connectivity index (χ2v) is 5.46. The van der Waals surface area contributed by atoms with Crippen LogP contribution in [0.25, 0.3) is 15.9 Å². The van der Waals surface area contributed by atoms with Crippen LogP contribution in [-0.4, -0.2) is 58.4 Å². The van der Waals surface area contributed by atoms with E-state index < -0.39 is 44.2 Å². The smallest absolute Gasteiger partial charge is 0.302 e. The topological polar surface area (TPSA) is 69.5 Å². The van der Waals surface area contributed by atoms with Crippen molar-refractivity contribution in [2.75, 3.05) is 31.5 Å². The van der Waals surface area contributed by atoms with Crippen molar-refractivity contribution in [2.24, 2.45) is 5.92 Å². The quantitative estimate of drug-likeness (QED) is 0.872. The number of carbonyl (C=O) groups is 1. The number of hydrogen-bond acceptors (Lipinski definition) is 4. The molecule has 7 nitrogen and oxygen atoms in total. The summed E-state index contributed by atoms with van der Waals surface area (Å²) >= 11 is 0. The molecule has 0 aromatic carbocycles. The number of aromatic nitrogens is 3. The largest absolute Gasteiger partial charge is 0.354 e. The number of amides is 1. The fourth-order valence-corrected chi connectivity index (χ4v) is 2.64. The number of fused-ring (bicyclic) bond motifs is 1. The van der Waals surface area contributed by atoms with Crippen molar-refractivity contribution >= 4 is 22.8 Å². The summed E-state index contributed by atoms with van der Waals surface area (Å²) in [6.07, 6.45) is 1.48. The van der Waals surface area contributed by atoms with E-state index in [0.717, 1.165) is 9.80 Å². The average Bonchev–Trinajstić information content (AvgIpc) is 3.05. The number of likely N-dealkylation sites (tertiary alicyclic amines) is 1. The Kier molecular flexibility index (Phi) is 2.58. The molecule has 0 bridgehead atoms. The van der Waals surface area contributed by atoms with E-state index in [0.29, 0.717) is 11.8 Å². The lowest BCUT2D eigenvalue weighted by molar-refractivity contribution is -0.130. The predicted octanol–water partition coefficient (Wildman–Crippen LogP) is 1.55. The zero-order valence-corrected chi connectivity index (χ0v) is 12.6. The third-order valence-electron chi connectivity index (χ3n) is 3.94. The van der Waals surface area contributed by atoms with Crippen LogP contribution in [0.15, 0.2) is 18.6 Å². The molecule has 23 heavy (non-hydrogen) atoms. The lowest BCUT2D eigenvalue weighted by atomic mass is 9.92. The first kappa shape index (κ1) is 9.50. The van der Waals surface area contributed by atoms with E-state index in [4.69, 9.17) is 14.8 Å². The van der Waals surface area contributed by atoms with Gasteiger partial charge in [-0.2, -0.15) is 0 Å². The van der Waals surface area contributed by atoms with Crippen LogP contribution >= 0.6 is 0 Å². The molecule has 2 atom stereocenters. The third-order valence-corrected chi connectivity index (χ3v) is 3.94. The Hall–Kier alpha value is -2.62. The molecular weight excluding hydrogens is 292 g/mol. The molecule has 0 unspecified atom stereocenters. The van der Waals surface area contributed by atoms with Crippen LogP contribution in [0.3, 0.4) is 0 Å². The summed E-state index contributed by atoms with van der Waals surface area (Å²) in [6.45, 7) is 3.01. The van der Waals surface area contributed by atoms with Gasteiger partial charge in [-0.05, 0) is 18.4 Å². The molecule has 2 aromatic heterocycles. The number of H-pyrrole nitrogens is 1. The number of nitrogens with zero attached hydrogens (tertiary/aromatic N) is 5. The van der Waals surface area contributed by atoms with Crippen LogP contribution in [0.1, 0.15) is 21.6 Å². The van der Waals surface area contributed by atoms with Gasteiger partial charge in [0.15, 0.2) is 0 Å². The molecule has 7 heteroatoms. The second-order valence-electron chi connectivity index (χ2n) is 5.46. The fraction of sp³-hybridized carbons (Fsp3) is 0.500. The Morgan fingerprint density at radius 2 is 2.61 bits per heavy atom. The standard InChI is InChI=1S/C16H20N6O/c1-11-5-7-22(14(23)8-17-2)9-13(11)21(3)16-12-4-6-18-15(12)19-10-20-16/h4,6,10-11,13H,5,7-9H2,1,3H3,(H,18,19,20)/t11-,13+/m1/s1/i3D3,9D2,10D. The minimum atomic E-state index is -2.80. The van der Waals surface area contributed by atoms with Gasteiger partial charge >= 0.3 is 5.91 Å². The van der Waals surface area contributed by atoms with Crippen molar-refractivity contribution in [3.8, 4) is 0 Å². The average molecular weight is 318 g/mol. The van der Waals surface area contributed by atoms with Crippen molar-refractivity contribution in [1.29, 1.82) is 0 Å². The summed E-state index contributed by atoms with van der Waals surface area (Å²) in [5, 5.41) is 0.338. The van der Waals surface area contributed by atoms with Crippen molar-refractivity contribution in [3.63, 3.8) is 0 Å². The van der Waals surface area contributed by atoms with Crippen molar-refractivity contribution < 1.29 is 13.0 Å². The first-order chi connectivity index (χ1) is 13.5. The van der Waals surface area contributed by atoms with Crippen LogP contribution in [0.5, 0.6) is 0 Å². The van der Waals surface area contributed by atoms with E-state index in [-0.39, 0.29) is 18.0 Å². The Balaban J connectivity index is 2.19. The highest BCUT2D eigenvalue weighted by atomic mass is 16.2. The minimum absolute atomic E-state index is 0.0842. The number of nitrogens with one attached hydrogen (secondary N) is 1. The van der Waals surface area contributed by atoms with Gasteiger partial charge in [0.05, 0.1) is 14.2 Å². The van der Waals surface area contributed by atoms with E-state index in [2.05, 4.69) is 19.8 Å². The molecule has 1 saturated heterocycles. The number of piperidine rings is 1. The predicted molar refractivity (Wildman–Crippen MR) is 87.9 cm³/mol. The van der Waals surface area contributed by atoms with Gasteiger partial charge in [-0.15, -0.1) is 0 Å². The number of carbonyl (C=O) groups excluding carboxylic acids is 1. The van der Waals surface area contributed by atoms with Crippen LogP contribution < -0.4 is 4.90 Å². The Labute approximate surface area is 143 Å². The van der Waals surface area contributed by atoms with Gasteiger partial charge in [-0.3, -0.25) is 4.79 Å². The zero-order valence-electron chi connectivity index (χ0n) is 18.6. The normalized spacial score (nSPS) is 27.7. The van der Waals surface area contributed by atoms with Gasteiger partial charge in [0.2, 0.25) is 0 Å². The number of rotatable bonds is 3. The molecule has 1 aliphatic rings. The first-order valence-electron chi connectivity index (χ1n) is 10.2. The maximum absolute atomic E-state index is 12.4. The van der Waals surface area contributed by atoms with Gasteiger partial charge in [0.1, 0.15) is 19.1 Å². The molecule has 1 N–H and O–H groups in total. The highest BCUT2D eigenvalue weighted by Gasteiger charge is 2.33. The van der Waals surface area contributed by atoms with E-state index in [1.807, 2.05) is 0 Å². The maximum atomic E-state index is 12.4. The zero-order chi connectivity index (χ0) is 21.6. The van der Waals surface area contributed by atoms with E-state index in [9.17, 15) is 4.79 Å². The lowest BCUT2D eigenvalue weighted by Crippen LogP contribution is -2.53. The number of aromatic amines is 1. The van der Waals surface area contributed by atoms with Crippen LogP contribution in [0.4, 0.5) is 5.82 Å². The molecule has 3 rings (SSSR count). The van der Waals surface area contributed by atoms with Crippen LogP contribution in [0, 0.1) is 12.5 Å². The van der Waals surface area contributed by atoms with Gasteiger partial charge in [-0.1, -0.05) is 6.92 Å². The summed E-state index contributed by atoms with van der Waals surface area (Å²) in [4.78, 5) is 27.9. The number of likely N-dealkylation sites (N-methyl/N-ethyl adjacent to an activating group) is 1. The molecule has 0 aliphatic carbocycles. The number of hydrogen-bond donors (Lipinski definition) is 1. The maximum Gasteiger partial charge on any atom is 0.302 e. The molecular formula is C16H20N6O. The summed E-state index contributed by atoms with van der Waals surface area (Å²) in [6, 6.07) is 0.291. The molecule has 0 spiro atoms. The van der Waals surface area contributed by atoms with Gasteiger partial charge in [0, 0.05) is 30.3 Å².